The van der Waals surface area contributed by atoms with Crippen molar-refractivity contribution in [2.75, 3.05) is 13.6 Å². The van der Waals surface area contributed by atoms with Gasteiger partial charge in [0.15, 0.2) is 6.10 Å². The van der Waals surface area contributed by atoms with E-state index in [0.29, 0.717) is 6.54 Å². The van der Waals surface area contributed by atoms with Crippen molar-refractivity contribution in [1.82, 2.24) is 10.2 Å². The first-order valence-corrected chi connectivity index (χ1v) is 6.70. The molecule has 18 heavy (non-hydrogen) atoms. The molecule has 1 aromatic heterocycles. The first kappa shape index (κ1) is 14.9. The van der Waals surface area contributed by atoms with E-state index in [1.807, 2.05) is 11.4 Å². The second kappa shape index (κ2) is 6.72. The molecular weight excluding hydrogens is 324 g/mol. The van der Waals surface area contributed by atoms with Gasteiger partial charge >= 0.3 is 12.0 Å². The minimum Gasteiger partial charge on any atom is -0.479 e. The predicted octanol–water partition coefficient (Wildman–Crippen LogP) is 1.10. The highest BCUT2D eigenvalue weighted by Gasteiger charge is 2.16. The van der Waals surface area contributed by atoms with Gasteiger partial charge in [-0.15, -0.1) is 11.3 Å². The van der Waals surface area contributed by atoms with E-state index in [9.17, 15) is 9.59 Å². The van der Waals surface area contributed by atoms with E-state index in [0.717, 1.165) is 9.35 Å². The van der Waals surface area contributed by atoms with Gasteiger partial charge in [0.1, 0.15) is 0 Å². The Kier molecular flexibility index (Phi) is 5.57. The maximum absolute atomic E-state index is 11.6. The Morgan fingerprint density at radius 2 is 2.28 bits per heavy atom. The standard InChI is InChI=1S/C10H13BrN2O4S/c1-13(4-7-2-6(11)5-18-7)10(17)12-3-8(14)9(15)16/h2,5,8,14H,3-4H2,1H3,(H,12,17)(H,15,16). The van der Waals surface area contributed by atoms with E-state index < -0.39 is 18.1 Å². The van der Waals surface area contributed by atoms with Crippen LogP contribution in [0.2, 0.25) is 0 Å². The van der Waals surface area contributed by atoms with Gasteiger partial charge in [-0.05, 0) is 22.0 Å². The fraction of sp³-hybridized carbons (Fsp3) is 0.400. The fourth-order valence-electron chi connectivity index (χ4n) is 1.15. The third kappa shape index (κ3) is 4.63. The number of rotatable bonds is 5. The normalized spacial score (nSPS) is 11.9. The van der Waals surface area contributed by atoms with Crippen LogP contribution < -0.4 is 5.32 Å². The highest BCUT2D eigenvalue weighted by molar-refractivity contribution is 9.10. The van der Waals surface area contributed by atoms with E-state index in [4.69, 9.17) is 10.2 Å². The van der Waals surface area contributed by atoms with Crippen LogP contribution in [0, 0.1) is 0 Å². The number of halogens is 1. The molecule has 0 bridgehead atoms. The summed E-state index contributed by atoms with van der Waals surface area (Å²) in [6.45, 7) is 0.109. The lowest BCUT2D eigenvalue weighted by Gasteiger charge is -2.17. The van der Waals surface area contributed by atoms with Crippen LogP contribution >= 0.6 is 27.3 Å². The van der Waals surface area contributed by atoms with Crippen LogP contribution in [0.1, 0.15) is 4.88 Å². The first-order valence-electron chi connectivity index (χ1n) is 5.03. The number of urea groups is 1. The van der Waals surface area contributed by atoms with Crippen molar-refractivity contribution < 1.29 is 19.8 Å². The zero-order chi connectivity index (χ0) is 13.7. The molecule has 8 heteroatoms. The zero-order valence-electron chi connectivity index (χ0n) is 9.59. The summed E-state index contributed by atoms with van der Waals surface area (Å²) in [7, 11) is 1.59. The minimum absolute atomic E-state index is 0.313. The van der Waals surface area contributed by atoms with Gasteiger partial charge in [0, 0.05) is 21.8 Å². The van der Waals surface area contributed by atoms with Gasteiger partial charge in [-0.25, -0.2) is 9.59 Å². The molecule has 0 aliphatic rings. The maximum Gasteiger partial charge on any atom is 0.334 e. The SMILES string of the molecule is CN(Cc1cc(Br)cs1)C(=O)NCC(O)C(=O)O. The van der Waals surface area contributed by atoms with Crippen molar-refractivity contribution in [3.63, 3.8) is 0 Å². The van der Waals surface area contributed by atoms with E-state index in [1.54, 1.807) is 7.05 Å². The van der Waals surface area contributed by atoms with Crippen LogP contribution in [0.3, 0.4) is 0 Å². The molecule has 1 rings (SSSR count). The number of aliphatic carboxylic acids is 1. The highest BCUT2D eigenvalue weighted by atomic mass is 79.9. The van der Waals surface area contributed by atoms with Crippen LogP contribution in [0.25, 0.3) is 0 Å². The Balaban J connectivity index is 2.39. The summed E-state index contributed by atoms with van der Waals surface area (Å²) >= 11 is 4.83. The van der Waals surface area contributed by atoms with Crippen LogP contribution in [0.5, 0.6) is 0 Å². The number of hydrogen-bond donors (Lipinski definition) is 3. The second-order valence-corrected chi connectivity index (χ2v) is 5.54. The minimum atomic E-state index is -1.58. The molecule has 100 valence electrons. The van der Waals surface area contributed by atoms with Crippen molar-refractivity contribution in [1.29, 1.82) is 0 Å². The third-order valence-electron chi connectivity index (χ3n) is 2.09. The quantitative estimate of drug-likeness (QED) is 0.751. The number of thiophene rings is 1. The van der Waals surface area contributed by atoms with Gasteiger partial charge in [-0.2, -0.15) is 0 Å². The summed E-state index contributed by atoms with van der Waals surface area (Å²) in [5, 5.41) is 21.7. The van der Waals surface area contributed by atoms with Gasteiger partial charge in [-0.3, -0.25) is 0 Å². The van der Waals surface area contributed by atoms with Gasteiger partial charge in [0.25, 0.3) is 0 Å². The smallest absolute Gasteiger partial charge is 0.334 e. The summed E-state index contributed by atoms with van der Waals surface area (Å²) in [5.74, 6) is -1.36. The van der Waals surface area contributed by atoms with Crippen LogP contribution in [-0.4, -0.2) is 46.8 Å². The Hall–Kier alpha value is -1.12. The van der Waals surface area contributed by atoms with Gasteiger partial charge < -0.3 is 20.4 Å². The number of hydrogen-bond acceptors (Lipinski definition) is 4. The Bertz CT molecular complexity index is 437. The molecule has 0 aromatic carbocycles. The molecule has 0 aliphatic heterocycles. The highest BCUT2D eigenvalue weighted by Crippen LogP contribution is 2.20. The number of carbonyl (C=O) groups excluding carboxylic acids is 1. The Labute approximate surface area is 116 Å². The molecule has 6 nitrogen and oxygen atoms in total. The molecule has 0 saturated carbocycles. The molecule has 0 fully saturated rings. The van der Waals surface area contributed by atoms with Gasteiger partial charge in [-0.1, -0.05) is 0 Å². The van der Waals surface area contributed by atoms with Gasteiger partial charge in [0.2, 0.25) is 0 Å². The molecule has 3 N–H and O–H groups in total. The van der Waals surface area contributed by atoms with Crippen molar-refractivity contribution in [3.8, 4) is 0 Å². The Morgan fingerprint density at radius 3 is 2.78 bits per heavy atom. The predicted molar refractivity (Wildman–Crippen MR) is 70.5 cm³/mol. The molecule has 0 aliphatic carbocycles. The number of nitrogens with zero attached hydrogens (tertiary/aromatic N) is 1. The molecule has 1 heterocycles. The van der Waals surface area contributed by atoms with Crippen molar-refractivity contribution >= 4 is 39.3 Å². The number of carbonyl (C=O) groups is 2. The van der Waals surface area contributed by atoms with Gasteiger partial charge in [0.05, 0.1) is 13.1 Å². The number of carboxylic acids is 1. The lowest BCUT2D eigenvalue weighted by Crippen LogP contribution is -2.42. The molecule has 0 spiro atoms. The molecule has 0 radical (unpaired) electrons. The summed E-state index contributed by atoms with van der Waals surface area (Å²) in [4.78, 5) is 24.3. The monoisotopic (exact) mass is 336 g/mol. The second-order valence-electron chi connectivity index (χ2n) is 3.63. The van der Waals surface area contributed by atoms with Crippen LogP contribution in [0.4, 0.5) is 4.79 Å². The first-order chi connectivity index (χ1) is 8.40. The third-order valence-corrected chi connectivity index (χ3v) is 3.78. The fourth-order valence-corrected chi connectivity index (χ4v) is 2.65. The van der Waals surface area contributed by atoms with E-state index in [1.165, 1.54) is 16.2 Å². The van der Waals surface area contributed by atoms with Crippen LogP contribution in [-0.2, 0) is 11.3 Å². The topological polar surface area (TPSA) is 89.9 Å². The summed E-state index contributed by atoms with van der Waals surface area (Å²) < 4.78 is 0.956. The number of amides is 2. The largest absolute Gasteiger partial charge is 0.479 e. The zero-order valence-corrected chi connectivity index (χ0v) is 12.0. The molecule has 0 saturated heterocycles. The van der Waals surface area contributed by atoms with Crippen LogP contribution in [0.15, 0.2) is 15.9 Å². The molecule has 1 atom stereocenters. The summed E-state index contributed by atoms with van der Waals surface area (Å²) in [5.41, 5.74) is 0. The van der Waals surface area contributed by atoms with E-state index >= 15 is 0 Å². The average molecular weight is 337 g/mol. The molecular formula is C10H13BrN2O4S. The van der Waals surface area contributed by atoms with Crippen molar-refractivity contribution in [2.24, 2.45) is 0 Å². The number of aliphatic hydroxyl groups excluding tert-OH is 1. The summed E-state index contributed by atoms with van der Waals surface area (Å²) in [6, 6.07) is 1.47. The Morgan fingerprint density at radius 1 is 1.61 bits per heavy atom. The average Bonchev–Trinajstić information content (AvgIpc) is 2.70. The number of nitrogens with one attached hydrogen (secondary N) is 1. The maximum atomic E-state index is 11.6. The molecule has 1 aromatic rings. The molecule has 1 unspecified atom stereocenters. The van der Waals surface area contributed by atoms with Crippen molar-refractivity contribution in [2.45, 2.75) is 12.6 Å². The molecule has 2 amide bonds. The van der Waals surface area contributed by atoms with E-state index in [-0.39, 0.29) is 6.54 Å². The van der Waals surface area contributed by atoms with Crippen molar-refractivity contribution in [3.05, 3.63) is 20.8 Å². The number of aliphatic hydroxyl groups is 1. The lowest BCUT2D eigenvalue weighted by atomic mass is 10.3. The van der Waals surface area contributed by atoms with E-state index in [2.05, 4.69) is 21.2 Å². The lowest BCUT2D eigenvalue weighted by molar-refractivity contribution is -0.146. The number of carboxylic acid groups (broad SMARTS) is 1. The summed E-state index contributed by atoms with van der Waals surface area (Å²) in [6.07, 6.45) is -1.58.